The third kappa shape index (κ3) is 4.62. The van der Waals surface area contributed by atoms with Gasteiger partial charge in [-0.25, -0.2) is 0 Å². The third-order valence-electron chi connectivity index (χ3n) is 3.48. The van der Waals surface area contributed by atoms with Gasteiger partial charge >= 0.3 is 0 Å². The molecule has 0 aliphatic carbocycles. The van der Waals surface area contributed by atoms with Crippen LogP contribution in [0.2, 0.25) is 5.02 Å². The van der Waals surface area contributed by atoms with Crippen molar-refractivity contribution in [1.82, 2.24) is 0 Å². The Morgan fingerprint density at radius 2 is 1.52 bits per heavy atom. The molecule has 1 aromatic rings. The predicted molar refractivity (Wildman–Crippen MR) is 77.0 cm³/mol. The molecule has 1 rings (SSSR count). The Labute approximate surface area is 127 Å². The first-order valence-electron chi connectivity index (χ1n) is 6.54. The summed E-state index contributed by atoms with van der Waals surface area (Å²) in [6, 6.07) is 5.12. The van der Waals surface area contributed by atoms with Crippen molar-refractivity contribution in [2.45, 2.75) is 43.9 Å². The molecule has 0 spiro atoms. The minimum Gasteiger partial charge on any atom is -0.394 e. The molecule has 1 unspecified atom stereocenters. The number of halogens is 1. The molecule has 7 heteroatoms. The molecule has 0 bridgehead atoms. The second kappa shape index (κ2) is 8.05. The summed E-state index contributed by atoms with van der Waals surface area (Å²) < 4.78 is 0. The summed E-state index contributed by atoms with van der Waals surface area (Å²) in [5.74, 6) is 0. The molecule has 0 saturated heterocycles. The smallest absolute Gasteiger partial charge is 0.111 e. The van der Waals surface area contributed by atoms with E-state index in [9.17, 15) is 25.5 Å². The topological polar surface area (TPSA) is 121 Å². The van der Waals surface area contributed by atoms with Crippen LogP contribution in [0.4, 0.5) is 0 Å². The van der Waals surface area contributed by atoms with E-state index in [0.717, 1.165) is 5.56 Å². The summed E-state index contributed by atoms with van der Waals surface area (Å²) in [5, 5.41) is 57.5. The Hall–Kier alpha value is -0.730. The van der Waals surface area contributed by atoms with Gasteiger partial charge in [0.25, 0.3) is 0 Å². The molecule has 0 aliphatic rings. The lowest BCUT2D eigenvalue weighted by molar-refractivity contribution is -0.139. The fraction of sp³-hybridized carbons (Fsp3) is 0.571. The number of hydrogen-bond donors (Lipinski definition) is 6. The molecule has 6 nitrogen and oxygen atoms in total. The molecule has 0 radical (unpaired) electrons. The van der Waals surface area contributed by atoms with Gasteiger partial charge in [0.2, 0.25) is 0 Å². The molecule has 120 valence electrons. The third-order valence-corrected chi connectivity index (χ3v) is 3.89. The quantitative estimate of drug-likeness (QED) is 0.383. The zero-order valence-corrected chi connectivity index (χ0v) is 12.4. The highest BCUT2D eigenvalue weighted by Crippen LogP contribution is 2.21. The van der Waals surface area contributed by atoms with Gasteiger partial charge in [0.15, 0.2) is 0 Å². The van der Waals surface area contributed by atoms with Crippen LogP contribution < -0.4 is 0 Å². The molecular formula is C14H21ClO6. The highest BCUT2D eigenvalue weighted by molar-refractivity contribution is 6.31. The van der Waals surface area contributed by atoms with Gasteiger partial charge in [0.1, 0.15) is 24.4 Å². The van der Waals surface area contributed by atoms with E-state index < -0.39 is 37.1 Å². The fourth-order valence-corrected chi connectivity index (χ4v) is 2.18. The monoisotopic (exact) mass is 320 g/mol. The van der Waals surface area contributed by atoms with Crippen molar-refractivity contribution in [3.8, 4) is 0 Å². The zero-order chi connectivity index (χ0) is 16.2. The van der Waals surface area contributed by atoms with Crippen LogP contribution in [0, 0.1) is 6.92 Å². The van der Waals surface area contributed by atoms with E-state index in [0.29, 0.717) is 10.6 Å². The van der Waals surface area contributed by atoms with Crippen LogP contribution in [0.25, 0.3) is 0 Å². The minimum atomic E-state index is -1.79. The van der Waals surface area contributed by atoms with Gasteiger partial charge < -0.3 is 30.6 Å². The number of aliphatic hydroxyl groups is 6. The maximum Gasteiger partial charge on any atom is 0.111 e. The van der Waals surface area contributed by atoms with Crippen molar-refractivity contribution < 1.29 is 30.6 Å². The van der Waals surface area contributed by atoms with Gasteiger partial charge in [-0.1, -0.05) is 23.7 Å². The first-order valence-corrected chi connectivity index (χ1v) is 6.92. The van der Waals surface area contributed by atoms with Gasteiger partial charge in [-0.2, -0.15) is 0 Å². The van der Waals surface area contributed by atoms with Crippen molar-refractivity contribution in [2.75, 3.05) is 6.61 Å². The molecule has 0 saturated carbocycles. The van der Waals surface area contributed by atoms with Crippen LogP contribution in [-0.4, -0.2) is 67.8 Å². The van der Waals surface area contributed by atoms with Crippen LogP contribution in [0.15, 0.2) is 18.2 Å². The number of rotatable bonds is 7. The van der Waals surface area contributed by atoms with Crippen molar-refractivity contribution in [2.24, 2.45) is 0 Å². The summed E-state index contributed by atoms with van der Waals surface area (Å²) in [4.78, 5) is 0. The second-order valence-corrected chi connectivity index (χ2v) is 5.42. The Morgan fingerprint density at radius 1 is 0.952 bits per heavy atom. The van der Waals surface area contributed by atoms with Crippen molar-refractivity contribution >= 4 is 11.6 Å². The lowest BCUT2D eigenvalue weighted by atomic mass is 9.94. The predicted octanol–water partition coefficient (Wildman–Crippen LogP) is -1.01. The Balaban J connectivity index is 2.74. The van der Waals surface area contributed by atoms with Crippen molar-refractivity contribution in [3.63, 3.8) is 0 Å². The SMILES string of the molecule is Cc1c(Cl)cccc1CC(O)[C@@H](O)[C@@H](O)[C@H](O)[C@@H](O)CO. The standard InChI is InChI=1S/C14H21ClO6/c1-7-8(3-2-4-9(7)15)5-10(17)12(19)14(21)13(20)11(18)6-16/h2-4,10-14,16-21H,5-6H2,1H3/t10?,11-,12+,13+,14+/m0/s1. The van der Waals surface area contributed by atoms with Crippen LogP contribution in [-0.2, 0) is 6.42 Å². The van der Waals surface area contributed by atoms with E-state index in [1.807, 2.05) is 0 Å². The van der Waals surface area contributed by atoms with Gasteiger partial charge in [-0.15, -0.1) is 0 Å². The van der Waals surface area contributed by atoms with Gasteiger partial charge in [-0.3, -0.25) is 0 Å². The Kier molecular flexibility index (Phi) is 7.02. The van der Waals surface area contributed by atoms with Crippen molar-refractivity contribution in [3.05, 3.63) is 34.3 Å². The summed E-state index contributed by atoms with van der Waals surface area (Å²) in [5.41, 5.74) is 1.44. The maximum atomic E-state index is 9.95. The average molecular weight is 321 g/mol. The fourth-order valence-electron chi connectivity index (χ4n) is 1.98. The zero-order valence-electron chi connectivity index (χ0n) is 11.6. The average Bonchev–Trinajstić information content (AvgIpc) is 2.48. The summed E-state index contributed by atoms with van der Waals surface area (Å²) >= 11 is 5.96. The molecule has 0 amide bonds. The summed E-state index contributed by atoms with van der Waals surface area (Å²) in [7, 11) is 0. The second-order valence-electron chi connectivity index (χ2n) is 5.02. The molecular weight excluding hydrogens is 300 g/mol. The molecule has 0 aliphatic heterocycles. The first kappa shape index (κ1) is 18.3. The molecule has 0 heterocycles. The molecule has 6 N–H and O–H groups in total. The molecule has 21 heavy (non-hydrogen) atoms. The lowest BCUT2D eigenvalue weighted by Gasteiger charge is -2.28. The Morgan fingerprint density at radius 3 is 2.10 bits per heavy atom. The number of aliphatic hydroxyl groups excluding tert-OH is 6. The van der Waals surface area contributed by atoms with Crippen LogP contribution in [0.3, 0.4) is 0 Å². The molecule has 0 fully saturated rings. The molecule has 0 aromatic heterocycles. The highest BCUT2D eigenvalue weighted by Gasteiger charge is 2.34. The van der Waals surface area contributed by atoms with E-state index in [1.54, 1.807) is 25.1 Å². The van der Waals surface area contributed by atoms with E-state index in [-0.39, 0.29) is 6.42 Å². The van der Waals surface area contributed by atoms with Crippen LogP contribution in [0.5, 0.6) is 0 Å². The normalized spacial score (nSPS) is 18.9. The number of hydrogen-bond acceptors (Lipinski definition) is 6. The van der Waals surface area contributed by atoms with E-state index in [1.165, 1.54) is 0 Å². The summed E-state index contributed by atoms with van der Waals surface area (Å²) in [6.07, 6.45) is -8.18. The van der Waals surface area contributed by atoms with Gasteiger partial charge in [0.05, 0.1) is 12.7 Å². The highest BCUT2D eigenvalue weighted by atomic mass is 35.5. The summed E-state index contributed by atoms with van der Waals surface area (Å²) in [6.45, 7) is 0.992. The Bertz CT molecular complexity index is 455. The van der Waals surface area contributed by atoms with E-state index in [2.05, 4.69) is 0 Å². The van der Waals surface area contributed by atoms with E-state index >= 15 is 0 Å². The van der Waals surface area contributed by atoms with Crippen LogP contribution >= 0.6 is 11.6 Å². The van der Waals surface area contributed by atoms with Crippen molar-refractivity contribution in [1.29, 1.82) is 0 Å². The largest absolute Gasteiger partial charge is 0.394 e. The molecule has 5 atom stereocenters. The lowest BCUT2D eigenvalue weighted by Crippen LogP contribution is -2.50. The number of benzene rings is 1. The van der Waals surface area contributed by atoms with Gasteiger partial charge in [0, 0.05) is 11.4 Å². The van der Waals surface area contributed by atoms with Gasteiger partial charge in [-0.05, 0) is 24.1 Å². The minimum absolute atomic E-state index is 0.0204. The van der Waals surface area contributed by atoms with Crippen LogP contribution in [0.1, 0.15) is 11.1 Å². The van der Waals surface area contributed by atoms with E-state index in [4.69, 9.17) is 16.7 Å². The molecule has 1 aromatic carbocycles. The maximum absolute atomic E-state index is 9.95. The first-order chi connectivity index (χ1) is 9.79.